The average Bonchev–Trinajstić information content (AvgIpc) is 2.79. The van der Waals surface area contributed by atoms with Crippen LogP contribution in [-0.2, 0) is 10.0 Å². The Morgan fingerprint density at radius 1 is 1.16 bits per heavy atom. The molecule has 0 amide bonds. The Hall–Kier alpha value is -1.44. The van der Waals surface area contributed by atoms with Crippen LogP contribution in [0, 0.1) is 0 Å². The molecule has 1 heterocycles. The summed E-state index contributed by atoms with van der Waals surface area (Å²) in [6, 6.07) is 4.43. The van der Waals surface area contributed by atoms with E-state index in [9.17, 15) is 13.2 Å². The lowest BCUT2D eigenvalue weighted by molar-refractivity contribution is 0.436. The summed E-state index contributed by atoms with van der Waals surface area (Å²) >= 11 is 12.4. The van der Waals surface area contributed by atoms with Gasteiger partial charge >= 0.3 is 0 Å². The van der Waals surface area contributed by atoms with Crippen molar-refractivity contribution in [2.75, 3.05) is 11.5 Å². The first-order valence-corrected chi connectivity index (χ1v) is 10.3. The van der Waals surface area contributed by atoms with Crippen LogP contribution in [0.1, 0.15) is 39.7 Å². The molecule has 6 nitrogen and oxygen atoms in total. The maximum atomic E-state index is 13.0. The molecule has 0 saturated heterocycles. The van der Waals surface area contributed by atoms with E-state index in [1.54, 1.807) is 32.0 Å². The number of anilines is 1. The number of nitrogens with zero attached hydrogens (tertiary/aromatic N) is 2. The molecule has 1 aromatic carbocycles. The van der Waals surface area contributed by atoms with Crippen molar-refractivity contribution in [2.45, 2.75) is 39.7 Å². The largest absolute Gasteiger partial charge is 0.382 e. The molecule has 1 aromatic heterocycles. The molecule has 25 heavy (non-hydrogen) atoms. The number of nitrogen functional groups attached to an aromatic ring is 1. The molecule has 2 aromatic rings. The molecule has 138 valence electrons. The molecule has 0 aliphatic heterocycles. The topological polar surface area (TPSA) is 87.1 Å². The van der Waals surface area contributed by atoms with Crippen molar-refractivity contribution < 1.29 is 8.42 Å². The van der Waals surface area contributed by atoms with E-state index < -0.39 is 15.6 Å². The molecule has 0 aliphatic carbocycles. The molecule has 2 rings (SSSR count). The highest BCUT2D eigenvalue weighted by molar-refractivity contribution is 7.89. The summed E-state index contributed by atoms with van der Waals surface area (Å²) < 4.78 is 27.5. The van der Waals surface area contributed by atoms with E-state index in [1.165, 1.54) is 4.68 Å². The van der Waals surface area contributed by atoms with Gasteiger partial charge in [-0.15, -0.1) is 0 Å². The zero-order chi connectivity index (χ0) is 18.9. The van der Waals surface area contributed by atoms with Gasteiger partial charge in [0.25, 0.3) is 15.6 Å². The van der Waals surface area contributed by atoms with Crippen molar-refractivity contribution in [2.24, 2.45) is 0 Å². The van der Waals surface area contributed by atoms with E-state index in [0.29, 0.717) is 12.8 Å². The first-order chi connectivity index (χ1) is 11.7. The van der Waals surface area contributed by atoms with E-state index >= 15 is 0 Å². The Bertz CT molecular complexity index is 928. The van der Waals surface area contributed by atoms with Gasteiger partial charge < -0.3 is 5.73 Å². The first kappa shape index (κ1) is 19.9. The maximum absolute atomic E-state index is 13.0. The second-order valence-electron chi connectivity index (χ2n) is 5.82. The van der Waals surface area contributed by atoms with Gasteiger partial charge in [0.05, 0.1) is 27.4 Å². The second kappa shape index (κ2) is 7.43. The Kier molecular flexibility index (Phi) is 5.91. The van der Waals surface area contributed by atoms with Crippen molar-refractivity contribution in [1.82, 2.24) is 8.77 Å². The Balaban J connectivity index is 2.95. The Morgan fingerprint density at radius 3 is 2.20 bits per heavy atom. The van der Waals surface area contributed by atoms with Crippen LogP contribution in [0.25, 0.3) is 11.1 Å². The summed E-state index contributed by atoms with van der Waals surface area (Å²) in [6.45, 7) is 5.37. The van der Waals surface area contributed by atoms with E-state index in [2.05, 4.69) is 0 Å². The zero-order valence-corrected chi connectivity index (χ0v) is 16.6. The molecule has 0 saturated carbocycles. The standard InChI is InChI=1S/C16H21Cl2N3O3S/c1-4-9-25(23,24)21-15(19)14(16(22)20(21)10(3)5-2)13-11(17)7-6-8-12(13)18/h6-8,10H,4-5,9,19H2,1-3H3. The molecular formula is C16H21Cl2N3O3S. The molecule has 2 N–H and O–H groups in total. The van der Waals surface area contributed by atoms with Gasteiger partial charge in [-0.05, 0) is 31.9 Å². The lowest BCUT2D eigenvalue weighted by Gasteiger charge is -2.17. The van der Waals surface area contributed by atoms with Crippen molar-refractivity contribution >= 4 is 39.0 Å². The van der Waals surface area contributed by atoms with Crippen molar-refractivity contribution in [1.29, 1.82) is 0 Å². The molecular weight excluding hydrogens is 385 g/mol. The van der Waals surface area contributed by atoms with Gasteiger partial charge in [-0.2, -0.15) is 4.09 Å². The summed E-state index contributed by atoms with van der Waals surface area (Å²) in [5, 5.41) is 0.468. The predicted molar refractivity (Wildman–Crippen MR) is 103 cm³/mol. The smallest absolute Gasteiger partial charge is 0.278 e. The van der Waals surface area contributed by atoms with Gasteiger partial charge in [0, 0.05) is 5.56 Å². The van der Waals surface area contributed by atoms with Gasteiger partial charge in [-0.25, -0.2) is 13.1 Å². The highest BCUT2D eigenvalue weighted by Crippen LogP contribution is 2.37. The number of hydrogen-bond acceptors (Lipinski definition) is 4. The number of aromatic nitrogens is 2. The fourth-order valence-electron chi connectivity index (χ4n) is 2.67. The zero-order valence-electron chi connectivity index (χ0n) is 14.3. The predicted octanol–water partition coefficient (Wildman–Crippen LogP) is 3.76. The lowest BCUT2D eigenvalue weighted by Crippen LogP contribution is -2.32. The Labute approximate surface area is 157 Å². The number of benzene rings is 1. The average molecular weight is 406 g/mol. The van der Waals surface area contributed by atoms with E-state index in [1.807, 2.05) is 6.92 Å². The molecule has 0 bridgehead atoms. The molecule has 1 atom stereocenters. The van der Waals surface area contributed by atoms with Crippen molar-refractivity contribution in [3.05, 3.63) is 38.6 Å². The lowest BCUT2D eigenvalue weighted by atomic mass is 10.1. The third-order valence-electron chi connectivity index (χ3n) is 4.03. The Morgan fingerprint density at radius 2 is 1.72 bits per heavy atom. The summed E-state index contributed by atoms with van der Waals surface area (Å²) in [5.74, 6) is -0.300. The normalized spacial score (nSPS) is 13.2. The van der Waals surface area contributed by atoms with Crippen LogP contribution < -0.4 is 11.3 Å². The van der Waals surface area contributed by atoms with Crippen molar-refractivity contribution in [3.63, 3.8) is 0 Å². The number of nitrogens with two attached hydrogens (primary N) is 1. The van der Waals surface area contributed by atoms with Gasteiger partial charge in [0.15, 0.2) is 0 Å². The van der Waals surface area contributed by atoms with Gasteiger partial charge in [-0.3, -0.25) is 4.79 Å². The monoisotopic (exact) mass is 405 g/mol. The molecule has 0 aliphatic rings. The first-order valence-electron chi connectivity index (χ1n) is 7.97. The molecule has 0 spiro atoms. The minimum absolute atomic E-state index is 0.00979. The molecule has 1 unspecified atom stereocenters. The van der Waals surface area contributed by atoms with Gasteiger partial charge in [-0.1, -0.05) is 43.1 Å². The van der Waals surface area contributed by atoms with Crippen LogP contribution in [0.5, 0.6) is 0 Å². The quantitative estimate of drug-likeness (QED) is 0.791. The van der Waals surface area contributed by atoms with Crippen LogP contribution in [0.15, 0.2) is 23.0 Å². The summed E-state index contributed by atoms with van der Waals surface area (Å²) in [7, 11) is -3.79. The van der Waals surface area contributed by atoms with E-state index in [-0.39, 0.29) is 38.8 Å². The van der Waals surface area contributed by atoms with Gasteiger partial charge in [0.1, 0.15) is 5.82 Å². The van der Waals surface area contributed by atoms with Gasteiger partial charge in [0.2, 0.25) is 0 Å². The van der Waals surface area contributed by atoms with Crippen LogP contribution in [0.4, 0.5) is 5.82 Å². The third kappa shape index (κ3) is 3.45. The second-order valence-corrected chi connectivity index (χ2v) is 8.56. The molecule has 9 heteroatoms. The highest BCUT2D eigenvalue weighted by atomic mass is 35.5. The van der Waals surface area contributed by atoms with E-state index in [0.717, 1.165) is 4.09 Å². The highest BCUT2D eigenvalue weighted by Gasteiger charge is 2.30. The van der Waals surface area contributed by atoms with Crippen LogP contribution in [0.3, 0.4) is 0 Å². The SMILES string of the molecule is CCCS(=O)(=O)n1c(N)c(-c2c(Cl)cccc2Cl)c(=O)n1C(C)CC. The molecule has 0 fully saturated rings. The molecule has 0 radical (unpaired) electrons. The fraction of sp³-hybridized carbons (Fsp3) is 0.438. The van der Waals surface area contributed by atoms with Crippen LogP contribution in [0.2, 0.25) is 10.0 Å². The summed E-state index contributed by atoms with van der Waals surface area (Å²) in [4.78, 5) is 13.0. The minimum atomic E-state index is -3.79. The van der Waals surface area contributed by atoms with Crippen LogP contribution >= 0.6 is 23.2 Å². The number of rotatable bonds is 6. The summed E-state index contributed by atoms with van der Waals surface area (Å²) in [5.41, 5.74) is 5.86. The number of halogens is 2. The third-order valence-corrected chi connectivity index (χ3v) is 6.48. The maximum Gasteiger partial charge on any atom is 0.278 e. The fourth-order valence-corrected chi connectivity index (χ4v) is 4.84. The van der Waals surface area contributed by atoms with E-state index in [4.69, 9.17) is 28.9 Å². The summed E-state index contributed by atoms with van der Waals surface area (Å²) in [6.07, 6.45) is 0.956. The van der Waals surface area contributed by atoms with Crippen molar-refractivity contribution in [3.8, 4) is 11.1 Å². The minimum Gasteiger partial charge on any atom is -0.382 e. The number of hydrogen-bond donors (Lipinski definition) is 1. The van der Waals surface area contributed by atoms with Crippen LogP contribution in [-0.4, -0.2) is 22.9 Å².